The number of carbonyl (C=O) groups is 2. The monoisotopic (exact) mass is 341 g/mol. The van der Waals surface area contributed by atoms with E-state index in [0.29, 0.717) is 6.42 Å². The van der Waals surface area contributed by atoms with E-state index in [2.05, 4.69) is 10.1 Å². The predicted molar refractivity (Wildman–Crippen MR) is 77.1 cm³/mol. The van der Waals surface area contributed by atoms with E-state index in [0.717, 1.165) is 12.1 Å². The number of nitrogens with one attached hydrogen (secondary N) is 1. The van der Waals surface area contributed by atoms with Crippen molar-refractivity contribution in [1.82, 2.24) is 0 Å². The molecule has 128 valence electrons. The van der Waals surface area contributed by atoms with Crippen molar-refractivity contribution in [3.05, 3.63) is 36.4 Å². The fourth-order valence-corrected chi connectivity index (χ4v) is 3.51. The molecule has 2 bridgehead atoms. The number of allylic oxidation sites excluding steroid dienone is 2. The zero-order valence-electron chi connectivity index (χ0n) is 12.3. The Morgan fingerprint density at radius 2 is 1.83 bits per heavy atom. The van der Waals surface area contributed by atoms with Gasteiger partial charge in [-0.15, -0.1) is 13.2 Å². The van der Waals surface area contributed by atoms with Gasteiger partial charge in [0.15, 0.2) is 0 Å². The van der Waals surface area contributed by atoms with Crippen LogP contribution in [0.4, 0.5) is 18.9 Å². The molecule has 0 aromatic heterocycles. The zero-order chi connectivity index (χ0) is 17.5. The van der Waals surface area contributed by atoms with Crippen molar-refractivity contribution in [3.8, 4) is 5.75 Å². The molecule has 3 rings (SSSR count). The summed E-state index contributed by atoms with van der Waals surface area (Å²) in [6.07, 6.45) is -0.582. The summed E-state index contributed by atoms with van der Waals surface area (Å²) in [5.41, 5.74) is 0.123. The van der Waals surface area contributed by atoms with Crippen molar-refractivity contribution in [1.29, 1.82) is 0 Å². The SMILES string of the molecule is O=C(O)[C@@H]1[C@@H](C(=O)Nc2cccc(OC(F)(F)F)c2)[C@H]2C=C[C@H]1C2. The van der Waals surface area contributed by atoms with E-state index in [4.69, 9.17) is 0 Å². The quantitative estimate of drug-likeness (QED) is 0.826. The largest absolute Gasteiger partial charge is 0.573 e. The van der Waals surface area contributed by atoms with E-state index in [1.54, 1.807) is 0 Å². The Kier molecular flexibility index (Phi) is 3.98. The third-order valence-corrected chi connectivity index (χ3v) is 4.38. The Morgan fingerprint density at radius 3 is 2.46 bits per heavy atom. The molecule has 0 spiro atoms. The molecule has 2 aliphatic rings. The number of rotatable bonds is 4. The van der Waals surface area contributed by atoms with Crippen molar-refractivity contribution in [2.45, 2.75) is 12.8 Å². The standard InChI is InChI=1S/C16H14F3NO4/c17-16(18,19)24-11-3-1-2-10(7-11)20-14(21)12-8-4-5-9(6-8)13(12)15(22)23/h1-5,7-9,12-13H,6H2,(H,20,21)(H,22,23)/t8-,9-,12-,13-/m0/s1. The van der Waals surface area contributed by atoms with Crippen molar-refractivity contribution >= 4 is 17.6 Å². The van der Waals surface area contributed by atoms with Crippen LogP contribution < -0.4 is 10.1 Å². The van der Waals surface area contributed by atoms with Gasteiger partial charge < -0.3 is 15.2 Å². The maximum absolute atomic E-state index is 12.4. The summed E-state index contributed by atoms with van der Waals surface area (Å²) in [7, 11) is 0. The Labute approximate surface area is 135 Å². The van der Waals surface area contributed by atoms with Crippen molar-refractivity contribution in [2.75, 3.05) is 5.32 Å². The maximum atomic E-state index is 12.4. The molecular formula is C16H14F3NO4. The first-order valence-corrected chi connectivity index (χ1v) is 7.32. The van der Waals surface area contributed by atoms with Crippen molar-refractivity contribution in [3.63, 3.8) is 0 Å². The number of ether oxygens (including phenoxy) is 1. The number of aliphatic carboxylic acids is 1. The van der Waals surface area contributed by atoms with Gasteiger partial charge in [0, 0.05) is 11.8 Å². The first kappa shape index (κ1) is 16.4. The smallest absolute Gasteiger partial charge is 0.481 e. The fraction of sp³-hybridized carbons (Fsp3) is 0.375. The molecule has 0 saturated heterocycles. The van der Waals surface area contributed by atoms with E-state index in [9.17, 15) is 27.9 Å². The summed E-state index contributed by atoms with van der Waals surface area (Å²) in [5.74, 6) is -3.89. The number of carbonyl (C=O) groups excluding carboxylic acids is 1. The number of amides is 1. The third kappa shape index (κ3) is 3.22. The van der Waals surface area contributed by atoms with Gasteiger partial charge in [-0.2, -0.15) is 0 Å². The number of anilines is 1. The van der Waals surface area contributed by atoms with Crippen LogP contribution in [0.1, 0.15) is 6.42 Å². The highest BCUT2D eigenvalue weighted by Crippen LogP contribution is 2.48. The summed E-state index contributed by atoms with van der Waals surface area (Å²) in [5, 5.41) is 11.8. The molecule has 0 unspecified atom stereocenters. The lowest BCUT2D eigenvalue weighted by Gasteiger charge is -2.24. The van der Waals surface area contributed by atoms with E-state index in [1.165, 1.54) is 12.1 Å². The van der Waals surface area contributed by atoms with Crippen LogP contribution in [0.15, 0.2) is 36.4 Å². The predicted octanol–water partition coefficient (Wildman–Crippen LogP) is 3.05. The molecule has 2 N–H and O–H groups in total. The van der Waals surface area contributed by atoms with Gasteiger partial charge in [0.05, 0.1) is 11.8 Å². The molecule has 24 heavy (non-hydrogen) atoms. The van der Waals surface area contributed by atoms with Crippen molar-refractivity contribution in [2.24, 2.45) is 23.7 Å². The molecule has 1 aromatic rings. The Morgan fingerprint density at radius 1 is 1.17 bits per heavy atom. The molecule has 5 nitrogen and oxygen atoms in total. The molecule has 0 radical (unpaired) electrons. The molecule has 2 aliphatic carbocycles. The minimum absolute atomic E-state index is 0.123. The Balaban J connectivity index is 1.74. The van der Waals surface area contributed by atoms with E-state index in [1.807, 2.05) is 12.2 Å². The number of hydrogen-bond acceptors (Lipinski definition) is 3. The molecule has 4 atom stereocenters. The Bertz CT molecular complexity index is 701. The highest BCUT2D eigenvalue weighted by atomic mass is 19.4. The average molecular weight is 341 g/mol. The van der Waals surface area contributed by atoms with Crippen LogP contribution >= 0.6 is 0 Å². The van der Waals surface area contributed by atoms with Gasteiger partial charge in [0.25, 0.3) is 0 Å². The first-order chi connectivity index (χ1) is 11.2. The van der Waals surface area contributed by atoms with Gasteiger partial charge in [-0.3, -0.25) is 9.59 Å². The highest BCUT2D eigenvalue weighted by molar-refractivity contribution is 5.96. The number of halogens is 3. The number of hydrogen-bond donors (Lipinski definition) is 2. The van der Waals surface area contributed by atoms with Crippen LogP contribution in [0, 0.1) is 23.7 Å². The van der Waals surface area contributed by atoms with Gasteiger partial charge >= 0.3 is 12.3 Å². The summed E-state index contributed by atoms with van der Waals surface area (Å²) in [6, 6.07) is 4.89. The maximum Gasteiger partial charge on any atom is 0.573 e. The molecule has 1 aromatic carbocycles. The second kappa shape index (κ2) is 5.85. The number of alkyl halides is 3. The zero-order valence-corrected chi connectivity index (χ0v) is 12.3. The van der Waals surface area contributed by atoms with Gasteiger partial charge in [-0.05, 0) is 30.4 Å². The second-order valence-corrected chi connectivity index (χ2v) is 5.90. The highest BCUT2D eigenvalue weighted by Gasteiger charge is 2.51. The van der Waals surface area contributed by atoms with Crippen LogP contribution in [0.5, 0.6) is 5.75 Å². The van der Waals surface area contributed by atoms with E-state index in [-0.39, 0.29) is 17.5 Å². The van der Waals surface area contributed by atoms with Crippen LogP contribution in [-0.4, -0.2) is 23.3 Å². The van der Waals surface area contributed by atoms with Crippen LogP contribution in [0.25, 0.3) is 0 Å². The van der Waals surface area contributed by atoms with Gasteiger partial charge in [0.2, 0.25) is 5.91 Å². The lowest BCUT2D eigenvalue weighted by Crippen LogP contribution is -2.36. The van der Waals surface area contributed by atoms with Crippen molar-refractivity contribution < 1.29 is 32.6 Å². The normalized spacial score (nSPS) is 28.0. The molecule has 0 heterocycles. The minimum Gasteiger partial charge on any atom is -0.481 e. The number of carboxylic acid groups (broad SMARTS) is 1. The fourth-order valence-electron chi connectivity index (χ4n) is 3.51. The van der Waals surface area contributed by atoms with Crippen LogP contribution in [0.2, 0.25) is 0 Å². The van der Waals surface area contributed by atoms with Crippen LogP contribution in [-0.2, 0) is 9.59 Å². The average Bonchev–Trinajstić information content (AvgIpc) is 3.06. The third-order valence-electron chi connectivity index (χ3n) is 4.38. The minimum atomic E-state index is -4.83. The summed E-state index contributed by atoms with van der Waals surface area (Å²) in [4.78, 5) is 23.9. The summed E-state index contributed by atoms with van der Waals surface area (Å²) < 4.78 is 40.5. The first-order valence-electron chi connectivity index (χ1n) is 7.32. The van der Waals surface area contributed by atoms with E-state index >= 15 is 0 Å². The van der Waals surface area contributed by atoms with Gasteiger partial charge in [-0.25, -0.2) is 0 Å². The molecule has 1 fully saturated rings. The Hall–Kier alpha value is -2.51. The summed E-state index contributed by atoms with van der Waals surface area (Å²) >= 11 is 0. The van der Waals surface area contributed by atoms with Gasteiger partial charge in [-0.1, -0.05) is 18.2 Å². The van der Waals surface area contributed by atoms with E-state index < -0.39 is 35.8 Å². The molecule has 0 aliphatic heterocycles. The lowest BCUT2D eigenvalue weighted by molar-refractivity contribution is -0.274. The molecule has 8 heteroatoms. The lowest BCUT2D eigenvalue weighted by atomic mass is 9.82. The van der Waals surface area contributed by atoms with Gasteiger partial charge in [0.1, 0.15) is 5.75 Å². The number of fused-ring (bicyclic) bond motifs is 2. The number of carboxylic acids is 1. The van der Waals surface area contributed by atoms with Crippen LogP contribution in [0.3, 0.4) is 0 Å². The second-order valence-electron chi connectivity index (χ2n) is 5.90. The summed E-state index contributed by atoms with van der Waals surface area (Å²) in [6.45, 7) is 0. The number of benzene rings is 1. The molecular weight excluding hydrogens is 327 g/mol. The molecule has 1 saturated carbocycles. The molecule has 1 amide bonds. The topological polar surface area (TPSA) is 75.6 Å².